The molecule has 1 fully saturated rings. The van der Waals surface area contributed by atoms with Crippen LogP contribution in [-0.4, -0.2) is 52.0 Å². The molecular weight excluding hydrogens is 352 g/mol. The lowest BCUT2D eigenvalue weighted by Gasteiger charge is -2.21. The number of guanidine groups is 1. The molecule has 5 nitrogen and oxygen atoms in total. The highest BCUT2D eigenvalue weighted by Gasteiger charge is 2.13. The van der Waals surface area contributed by atoms with Gasteiger partial charge in [0.05, 0.1) is 0 Å². The highest BCUT2D eigenvalue weighted by Crippen LogP contribution is 2.14. The average Bonchev–Trinajstić information content (AvgIpc) is 2.64. The first-order valence-electron chi connectivity index (χ1n) is 9.80. The fraction of sp³-hybridized carbons (Fsp3) is 0.650. The van der Waals surface area contributed by atoms with Crippen molar-refractivity contribution in [1.29, 1.82) is 0 Å². The maximum absolute atomic E-state index is 13.2. The summed E-state index contributed by atoms with van der Waals surface area (Å²) in [6, 6.07) is 3.59. The number of benzene rings is 1. The van der Waals surface area contributed by atoms with Crippen molar-refractivity contribution in [2.24, 2.45) is 10.9 Å². The van der Waals surface area contributed by atoms with Crippen LogP contribution < -0.4 is 10.6 Å². The van der Waals surface area contributed by atoms with Gasteiger partial charge >= 0.3 is 0 Å². The molecule has 1 aromatic carbocycles. The number of ether oxygens (including phenoxy) is 2. The van der Waals surface area contributed by atoms with Crippen LogP contribution >= 0.6 is 0 Å². The van der Waals surface area contributed by atoms with E-state index in [4.69, 9.17) is 9.47 Å². The Bertz CT molecular complexity index is 558. The van der Waals surface area contributed by atoms with Gasteiger partial charge in [-0.05, 0) is 56.2 Å². The van der Waals surface area contributed by atoms with Gasteiger partial charge in [-0.1, -0.05) is 0 Å². The van der Waals surface area contributed by atoms with Crippen LogP contribution in [0.1, 0.15) is 31.7 Å². The van der Waals surface area contributed by atoms with Crippen molar-refractivity contribution in [2.75, 3.05) is 46.1 Å². The van der Waals surface area contributed by atoms with Crippen LogP contribution in [-0.2, 0) is 15.9 Å². The van der Waals surface area contributed by atoms with Gasteiger partial charge in [0, 0.05) is 52.1 Å². The standard InChI is InChI=1S/C20H31F2N3O2/c1-2-23-20(25-8-4-17-12-18(21)14-19(22)13-17)24-7-3-9-27-15-16-5-10-26-11-6-16/h12-14,16H,2-11,15H2,1H3,(H2,23,24,25). The summed E-state index contributed by atoms with van der Waals surface area (Å²) in [6.07, 6.45) is 3.55. The minimum atomic E-state index is -0.550. The molecule has 0 bridgehead atoms. The molecule has 2 N–H and O–H groups in total. The number of nitrogens with zero attached hydrogens (tertiary/aromatic N) is 1. The Hall–Kier alpha value is -1.73. The van der Waals surface area contributed by atoms with Crippen LogP contribution in [0.2, 0.25) is 0 Å². The summed E-state index contributed by atoms with van der Waals surface area (Å²) in [5.74, 6) is 0.227. The third-order valence-electron chi connectivity index (χ3n) is 4.38. The Morgan fingerprint density at radius 1 is 1.19 bits per heavy atom. The maximum atomic E-state index is 13.2. The van der Waals surface area contributed by atoms with E-state index < -0.39 is 11.6 Å². The number of halogens is 2. The van der Waals surface area contributed by atoms with E-state index >= 15 is 0 Å². The second-order valence-corrected chi connectivity index (χ2v) is 6.70. The molecule has 0 radical (unpaired) electrons. The van der Waals surface area contributed by atoms with Crippen molar-refractivity contribution < 1.29 is 18.3 Å². The Labute approximate surface area is 160 Å². The maximum Gasteiger partial charge on any atom is 0.191 e. The summed E-state index contributed by atoms with van der Waals surface area (Å²) < 4.78 is 37.5. The minimum Gasteiger partial charge on any atom is -0.381 e. The van der Waals surface area contributed by atoms with E-state index in [0.29, 0.717) is 43.6 Å². The Morgan fingerprint density at radius 3 is 2.63 bits per heavy atom. The fourth-order valence-corrected chi connectivity index (χ4v) is 2.94. The first-order valence-corrected chi connectivity index (χ1v) is 9.80. The van der Waals surface area contributed by atoms with Crippen LogP contribution in [0.4, 0.5) is 8.78 Å². The first-order chi connectivity index (χ1) is 13.2. The van der Waals surface area contributed by atoms with Gasteiger partial charge < -0.3 is 20.1 Å². The van der Waals surface area contributed by atoms with Gasteiger partial charge in [0.1, 0.15) is 11.6 Å². The zero-order valence-corrected chi connectivity index (χ0v) is 16.1. The Morgan fingerprint density at radius 2 is 1.93 bits per heavy atom. The molecule has 1 aromatic rings. The molecule has 7 heteroatoms. The zero-order chi connectivity index (χ0) is 19.3. The van der Waals surface area contributed by atoms with Crippen molar-refractivity contribution in [3.05, 3.63) is 35.4 Å². The summed E-state index contributed by atoms with van der Waals surface area (Å²) in [5.41, 5.74) is 0.623. The van der Waals surface area contributed by atoms with E-state index in [0.717, 1.165) is 51.7 Å². The first kappa shape index (κ1) is 21.6. The van der Waals surface area contributed by atoms with E-state index in [-0.39, 0.29) is 0 Å². The number of hydrogen-bond donors (Lipinski definition) is 2. The topological polar surface area (TPSA) is 54.9 Å². The normalized spacial score (nSPS) is 15.7. The fourth-order valence-electron chi connectivity index (χ4n) is 2.94. The zero-order valence-electron chi connectivity index (χ0n) is 16.1. The number of rotatable bonds is 10. The molecule has 1 heterocycles. The van der Waals surface area contributed by atoms with Gasteiger partial charge in [-0.25, -0.2) is 8.78 Å². The van der Waals surface area contributed by atoms with Crippen LogP contribution in [0.3, 0.4) is 0 Å². The van der Waals surface area contributed by atoms with Crippen LogP contribution in [0.15, 0.2) is 23.2 Å². The van der Waals surface area contributed by atoms with E-state index in [9.17, 15) is 8.78 Å². The largest absolute Gasteiger partial charge is 0.381 e. The van der Waals surface area contributed by atoms with Crippen LogP contribution in [0.25, 0.3) is 0 Å². The highest BCUT2D eigenvalue weighted by atomic mass is 19.1. The smallest absolute Gasteiger partial charge is 0.191 e. The summed E-state index contributed by atoms with van der Waals surface area (Å²) in [5, 5.41) is 6.36. The van der Waals surface area contributed by atoms with Crippen molar-refractivity contribution in [3.8, 4) is 0 Å². The third kappa shape index (κ3) is 9.15. The predicted octanol–water partition coefficient (Wildman–Crippen LogP) is 2.90. The lowest BCUT2D eigenvalue weighted by molar-refractivity contribution is 0.0205. The summed E-state index contributed by atoms with van der Waals surface area (Å²) in [4.78, 5) is 4.51. The molecule has 27 heavy (non-hydrogen) atoms. The third-order valence-corrected chi connectivity index (χ3v) is 4.38. The van der Waals surface area contributed by atoms with Gasteiger partial charge in [-0.15, -0.1) is 0 Å². The molecule has 0 spiro atoms. The summed E-state index contributed by atoms with van der Waals surface area (Å²) in [6.45, 7) is 7.15. The molecular formula is C20H31F2N3O2. The molecule has 1 saturated heterocycles. The van der Waals surface area contributed by atoms with Gasteiger partial charge in [0.15, 0.2) is 5.96 Å². The van der Waals surface area contributed by atoms with Crippen molar-refractivity contribution in [2.45, 2.75) is 32.6 Å². The van der Waals surface area contributed by atoms with Crippen LogP contribution in [0, 0.1) is 17.6 Å². The lowest BCUT2D eigenvalue weighted by Crippen LogP contribution is -2.38. The van der Waals surface area contributed by atoms with Gasteiger partial charge in [0.2, 0.25) is 0 Å². The van der Waals surface area contributed by atoms with Crippen molar-refractivity contribution in [1.82, 2.24) is 10.6 Å². The second kappa shape index (κ2) is 12.6. The van der Waals surface area contributed by atoms with Gasteiger partial charge in [0.25, 0.3) is 0 Å². The SMILES string of the molecule is CCNC(=NCCCOCC1CCOCC1)NCCc1cc(F)cc(F)c1. The molecule has 1 aliphatic rings. The predicted molar refractivity (Wildman–Crippen MR) is 103 cm³/mol. The molecule has 0 amide bonds. The molecule has 0 atom stereocenters. The van der Waals surface area contributed by atoms with E-state index in [1.165, 1.54) is 12.1 Å². The molecule has 0 aromatic heterocycles. The average molecular weight is 383 g/mol. The summed E-state index contributed by atoms with van der Waals surface area (Å²) >= 11 is 0. The highest BCUT2D eigenvalue weighted by molar-refractivity contribution is 5.79. The quantitative estimate of drug-likeness (QED) is 0.371. The molecule has 2 rings (SSSR count). The molecule has 0 aliphatic carbocycles. The molecule has 152 valence electrons. The number of hydrogen-bond acceptors (Lipinski definition) is 3. The Balaban J connectivity index is 1.62. The lowest BCUT2D eigenvalue weighted by atomic mass is 10.0. The second-order valence-electron chi connectivity index (χ2n) is 6.70. The van der Waals surface area contributed by atoms with E-state index in [1.807, 2.05) is 6.92 Å². The monoisotopic (exact) mass is 383 g/mol. The minimum absolute atomic E-state index is 0.521. The summed E-state index contributed by atoms with van der Waals surface area (Å²) in [7, 11) is 0. The van der Waals surface area contributed by atoms with Gasteiger partial charge in [-0.3, -0.25) is 4.99 Å². The van der Waals surface area contributed by atoms with E-state index in [1.54, 1.807) is 0 Å². The van der Waals surface area contributed by atoms with Crippen molar-refractivity contribution in [3.63, 3.8) is 0 Å². The number of nitrogens with one attached hydrogen (secondary N) is 2. The Kier molecular flexibility index (Phi) is 10.1. The van der Waals surface area contributed by atoms with Gasteiger partial charge in [-0.2, -0.15) is 0 Å². The van der Waals surface area contributed by atoms with E-state index in [2.05, 4.69) is 15.6 Å². The molecule has 1 aliphatic heterocycles. The van der Waals surface area contributed by atoms with Crippen LogP contribution in [0.5, 0.6) is 0 Å². The molecule has 0 unspecified atom stereocenters. The number of aliphatic imine (C=N–C) groups is 1. The molecule has 0 saturated carbocycles. The van der Waals surface area contributed by atoms with Crippen molar-refractivity contribution >= 4 is 5.96 Å².